The van der Waals surface area contributed by atoms with Crippen molar-refractivity contribution in [1.82, 2.24) is 0 Å². The Morgan fingerprint density at radius 1 is 1.21 bits per heavy atom. The largest absolute Gasteiger partial charge is 0.469 e. The fraction of sp³-hybridized carbons (Fsp3) is 0.522. The third-order valence-electron chi connectivity index (χ3n) is 5.90. The molecule has 2 aliphatic carbocycles. The molecule has 1 aliphatic heterocycles. The molecule has 0 unspecified atom stereocenters. The van der Waals surface area contributed by atoms with E-state index in [1.807, 2.05) is 32.9 Å². The second-order valence-electron chi connectivity index (χ2n) is 9.74. The Kier molecular flexibility index (Phi) is 3.75. The van der Waals surface area contributed by atoms with Gasteiger partial charge in [-0.2, -0.15) is 0 Å². The van der Waals surface area contributed by atoms with Crippen LogP contribution in [0.2, 0.25) is 0 Å². The molecule has 1 heterocycles. The number of carbonyl (C=O) groups is 3. The normalized spacial score (nSPS) is 27.9. The summed E-state index contributed by atoms with van der Waals surface area (Å²) in [5.74, 6) is -1.46. The van der Waals surface area contributed by atoms with Gasteiger partial charge in [0.05, 0.1) is 5.92 Å². The number of hydrogen-bond donors (Lipinski definition) is 0. The number of carbonyl (C=O) groups excluding carboxylic acids is 3. The molecule has 0 saturated carbocycles. The highest BCUT2D eigenvalue weighted by molar-refractivity contribution is 6.23. The minimum Gasteiger partial charge on any atom is -0.469 e. The van der Waals surface area contributed by atoms with Crippen LogP contribution < -0.4 is 0 Å². The van der Waals surface area contributed by atoms with E-state index in [0.29, 0.717) is 35.3 Å². The first kappa shape index (κ1) is 18.9. The third-order valence-corrected chi connectivity index (χ3v) is 5.90. The van der Waals surface area contributed by atoms with Crippen molar-refractivity contribution in [2.24, 2.45) is 5.41 Å². The molecule has 148 valence electrons. The molecule has 2 atom stereocenters. The highest BCUT2D eigenvalue weighted by Gasteiger charge is 2.70. The lowest BCUT2D eigenvalue weighted by molar-refractivity contribution is -0.173. The molecule has 0 radical (unpaired) electrons. The van der Waals surface area contributed by atoms with Gasteiger partial charge in [0.1, 0.15) is 11.4 Å². The monoisotopic (exact) mass is 382 g/mol. The summed E-state index contributed by atoms with van der Waals surface area (Å²) in [4.78, 5) is 39.9. The Morgan fingerprint density at radius 3 is 2.54 bits per heavy atom. The number of ketones is 2. The van der Waals surface area contributed by atoms with Crippen molar-refractivity contribution in [3.8, 4) is 0 Å². The highest BCUT2D eigenvalue weighted by atomic mass is 16.6. The van der Waals surface area contributed by atoms with Crippen LogP contribution >= 0.6 is 0 Å². The van der Waals surface area contributed by atoms with E-state index < -0.39 is 34.3 Å². The predicted octanol–water partition coefficient (Wildman–Crippen LogP) is 4.03. The molecule has 5 heteroatoms. The van der Waals surface area contributed by atoms with Gasteiger partial charge in [0.15, 0.2) is 5.78 Å². The zero-order valence-corrected chi connectivity index (χ0v) is 17.3. The van der Waals surface area contributed by atoms with E-state index >= 15 is 0 Å². The summed E-state index contributed by atoms with van der Waals surface area (Å²) in [6, 6.07) is 5.44. The van der Waals surface area contributed by atoms with Gasteiger partial charge in [-0.15, -0.1) is 0 Å². The first-order chi connectivity index (χ1) is 12.9. The van der Waals surface area contributed by atoms with Crippen LogP contribution in [-0.4, -0.2) is 28.7 Å². The Hall–Kier alpha value is -2.43. The maximum atomic E-state index is 13.5. The van der Waals surface area contributed by atoms with Crippen molar-refractivity contribution in [3.05, 3.63) is 46.2 Å². The summed E-state index contributed by atoms with van der Waals surface area (Å²) in [5.41, 5.74) is -0.495. The van der Waals surface area contributed by atoms with Crippen LogP contribution in [-0.2, 0) is 19.1 Å². The number of rotatable bonds is 1. The maximum absolute atomic E-state index is 13.5. The Bertz CT molecular complexity index is 960. The summed E-state index contributed by atoms with van der Waals surface area (Å²) in [5, 5.41) is 0. The number of Topliss-reactive ketones (excluding diaryl/α,β-unsaturated/α-hetero) is 2. The number of benzene rings is 1. The van der Waals surface area contributed by atoms with Crippen LogP contribution in [0.4, 0.5) is 0 Å². The molecule has 28 heavy (non-hydrogen) atoms. The Morgan fingerprint density at radius 2 is 1.89 bits per heavy atom. The van der Waals surface area contributed by atoms with Gasteiger partial charge < -0.3 is 9.47 Å². The molecule has 0 bridgehead atoms. The topological polar surface area (TPSA) is 69.7 Å². The van der Waals surface area contributed by atoms with E-state index in [-0.39, 0.29) is 5.78 Å². The first-order valence-corrected chi connectivity index (χ1v) is 9.74. The van der Waals surface area contributed by atoms with Gasteiger partial charge >= 0.3 is 5.97 Å². The number of esters is 1. The molecule has 4 rings (SSSR count). The van der Waals surface area contributed by atoms with Crippen LogP contribution in [0.3, 0.4) is 0 Å². The van der Waals surface area contributed by atoms with Crippen LogP contribution in [0.25, 0.3) is 0 Å². The second-order valence-corrected chi connectivity index (χ2v) is 9.74. The summed E-state index contributed by atoms with van der Waals surface area (Å²) in [6.45, 7) is 11.2. The molecule has 0 saturated heterocycles. The summed E-state index contributed by atoms with van der Waals surface area (Å²) < 4.78 is 11.9. The number of hydrogen-bond acceptors (Lipinski definition) is 5. The highest BCUT2D eigenvalue weighted by Crippen LogP contribution is 2.60. The van der Waals surface area contributed by atoms with Crippen LogP contribution in [0.1, 0.15) is 74.9 Å². The minimum atomic E-state index is -1.84. The molecule has 0 aromatic heterocycles. The fourth-order valence-electron chi connectivity index (χ4n) is 4.56. The quantitative estimate of drug-likeness (QED) is 0.542. The van der Waals surface area contributed by atoms with Crippen LogP contribution in [0, 0.1) is 12.3 Å². The van der Waals surface area contributed by atoms with Gasteiger partial charge in [-0.05, 0) is 39.7 Å². The van der Waals surface area contributed by atoms with Crippen molar-refractivity contribution in [1.29, 1.82) is 0 Å². The first-order valence-electron chi connectivity index (χ1n) is 9.74. The lowest BCUT2D eigenvalue weighted by Crippen LogP contribution is -2.50. The van der Waals surface area contributed by atoms with Crippen LogP contribution in [0.5, 0.6) is 0 Å². The standard InChI is InChI=1S/C23H26O5/c1-12-7-8-13-14(11-12)17-16-15(24)9-10-22(5,6)19(16)27-23(17,18(13)25)20(26)28-21(2,3)4/h7-8,11,17H,9-10H2,1-6H3/t17-,23+/m0/s1. The second kappa shape index (κ2) is 5.56. The van der Waals surface area contributed by atoms with E-state index in [0.717, 1.165) is 5.56 Å². The van der Waals surface area contributed by atoms with Crippen molar-refractivity contribution in [2.45, 2.75) is 71.5 Å². The molecule has 1 aromatic carbocycles. The van der Waals surface area contributed by atoms with Crippen molar-refractivity contribution in [2.75, 3.05) is 0 Å². The molecule has 3 aliphatic rings. The molecule has 1 aromatic rings. The van der Waals surface area contributed by atoms with Crippen molar-refractivity contribution in [3.63, 3.8) is 0 Å². The SMILES string of the molecule is Cc1ccc2c(c1)[C@H]1C3=C(O[C@@]1(C(=O)OC(C)(C)C)C2=O)C(C)(C)CCC3=O. The predicted molar refractivity (Wildman–Crippen MR) is 103 cm³/mol. The number of allylic oxidation sites excluding steroid dienone is 1. The number of fused-ring (bicyclic) bond motifs is 4. The van der Waals surface area contributed by atoms with Gasteiger partial charge in [-0.25, -0.2) is 4.79 Å². The lowest BCUT2D eigenvalue weighted by atomic mass is 9.72. The summed E-state index contributed by atoms with van der Waals surface area (Å²) >= 11 is 0. The van der Waals surface area contributed by atoms with Crippen LogP contribution in [0.15, 0.2) is 29.5 Å². The molecule has 0 spiro atoms. The van der Waals surface area contributed by atoms with E-state index in [1.165, 1.54) is 0 Å². The number of ether oxygens (including phenoxy) is 2. The van der Waals surface area contributed by atoms with E-state index in [2.05, 4.69) is 0 Å². The molecule has 0 N–H and O–H groups in total. The lowest BCUT2D eigenvalue weighted by Gasteiger charge is -2.33. The summed E-state index contributed by atoms with van der Waals surface area (Å²) in [6.07, 6.45) is 1.00. The molecule has 0 fully saturated rings. The minimum absolute atomic E-state index is 0.0492. The molecular formula is C23H26O5. The molecule has 5 nitrogen and oxygen atoms in total. The van der Waals surface area contributed by atoms with Gasteiger partial charge in [-0.3, -0.25) is 9.59 Å². The maximum Gasteiger partial charge on any atom is 0.360 e. The number of aryl methyl sites for hydroxylation is 1. The van der Waals surface area contributed by atoms with Crippen molar-refractivity contribution < 1.29 is 23.9 Å². The van der Waals surface area contributed by atoms with Gasteiger partial charge in [0.25, 0.3) is 5.60 Å². The fourth-order valence-corrected chi connectivity index (χ4v) is 4.56. The zero-order valence-electron chi connectivity index (χ0n) is 17.3. The third kappa shape index (κ3) is 2.41. The molecule has 0 amide bonds. The van der Waals surface area contributed by atoms with Gasteiger partial charge in [0, 0.05) is 23.0 Å². The van der Waals surface area contributed by atoms with E-state index in [9.17, 15) is 14.4 Å². The molecular weight excluding hydrogens is 356 g/mol. The smallest absolute Gasteiger partial charge is 0.360 e. The zero-order chi connectivity index (χ0) is 20.6. The van der Waals surface area contributed by atoms with Crippen molar-refractivity contribution >= 4 is 17.5 Å². The Balaban J connectivity index is 1.97. The van der Waals surface area contributed by atoms with Gasteiger partial charge in [-0.1, -0.05) is 37.6 Å². The summed E-state index contributed by atoms with van der Waals surface area (Å²) in [7, 11) is 0. The Labute approximate surface area is 165 Å². The average molecular weight is 382 g/mol. The van der Waals surface area contributed by atoms with E-state index in [1.54, 1.807) is 26.8 Å². The van der Waals surface area contributed by atoms with E-state index in [4.69, 9.17) is 9.47 Å². The average Bonchev–Trinajstić information content (AvgIpc) is 3.05. The van der Waals surface area contributed by atoms with Gasteiger partial charge in [0.2, 0.25) is 5.78 Å².